The number of aromatic hydroxyl groups is 1. The van der Waals surface area contributed by atoms with E-state index in [4.69, 9.17) is 27.9 Å². The third kappa shape index (κ3) is 2.32. The number of amides is 1. The van der Waals surface area contributed by atoms with Crippen LogP contribution in [0.4, 0.5) is 4.79 Å². The molecule has 0 aromatic heterocycles. The van der Waals surface area contributed by atoms with Crippen LogP contribution in [0.15, 0.2) is 12.1 Å². The van der Waals surface area contributed by atoms with Crippen LogP contribution in [-0.2, 0) is 4.74 Å². The molecule has 0 radical (unpaired) electrons. The molecule has 3 atom stereocenters. The molecule has 120 valence electrons. The molecular weight excluding hydrogens is 329 g/mol. The summed E-state index contributed by atoms with van der Waals surface area (Å²) in [6.07, 6.45) is -0.774. The van der Waals surface area contributed by atoms with Gasteiger partial charge >= 0.3 is 6.09 Å². The first-order valence-electron chi connectivity index (χ1n) is 7.07. The molecule has 2 N–H and O–H groups in total. The largest absolute Gasteiger partial charge is 0.508 e. The zero-order valence-corrected chi connectivity index (χ0v) is 13.7. The first kappa shape index (κ1) is 15.7. The molecule has 1 aromatic rings. The number of carbonyl (C=O) groups is 1. The van der Waals surface area contributed by atoms with Crippen LogP contribution in [0.3, 0.4) is 0 Å². The van der Waals surface area contributed by atoms with Gasteiger partial charge in [0, 0.05) is 18.0 Å². The van der Waals surface area contributed by atoms with Crippen LogP contribution >= 0.6 is 23.2 Å². The smallest absolute Gasteiger partial charge is 0.410 e. The lowest BCUT2D eigenvalue weighted by atomic mass is 9.88. The number of phenols is 1. The number of nitrogens with zero attached hydrogens (tertiary/aromatic N) is 1. The Balaban J connectivity index is 1.95. The zero-order chi connectivity index (χ0) is 16.2. The van der Waals surface area contributed by atoms with Gasteiger partial charge in [-0.15, -0.1) is 0 Å². The lowest BCUT2D eigenvalue weighted by molar-refractivity contribution is -0.126. The zero-order valence-electron chi connectivity index (χ0n) is 12.2. The molecule has 1 unspecified atom stereocenters. The number of aliphatic hydroxyl groups is 1. The second kappa shape index (κ2) is 5.18. The van der Waals surface area contributed by atoms with E-state index in [1.165, 1.54) is 17.0 Å². The predicted molar refractivity (Wildman–Crippen MR) is 82.5 cm³/mol. The molecule has 1 aromatic carbocycles. The minimum absolute atomic E-state index is 0.0429. The summed E-state index contributed by atoms with van der Waals surface area (Å²) in [7, 11) is 0. The molecule has 1 amide bonds. The van der Waals surface area contributed by atoms with Gasteiger partial charge in [-0.25, -0.2) is 4.79 Å². The lowest BCUT2D eigenvalue weighted by Gasteiger charge is -2.43. The van der Waals surface area contributed by atoms with E-state index in [1.807, 2.05) is 0 Å². The van der Waals surface area contributed by atoms with Crippen molar-refractivity contribution >= 4 is 29.3 Å². The molecule has 2 saturated heterocycles. The highest BCUT2D eigenvalue weighted by atomic mass is 35.5. The van der Waals surface area contributed by atoms with Crippen molar-refractivity contribution in [1.29, 1.82) is 0 Å². The van der Waals surface area contributed by atoms with E-state index < -0.39 is 17.8 Å². The van der Waals surface area contributed by atoms with Gasteiger partial charge in [0.1, 0.15) is 17.5 Å². The Hall–Kier alpha value is -1.17. The number of fused-ring (bicyclic) bond motifs is 1. The minimum Gasteiger partial charge on any atom is -0.508 e. The fraction of sp³-hybridized carbons (Fsp3) is 0.533. The van der Waals surface area contributed by atoms with Crippen LogP contribution in [0.1, 0.15) is 31.7 Å². The third-order valence-corrected chi connectivity index (χ3v) is 5.34. The van der Waals surface area contributed by atoms with E-state index in [-0.39, 0.29) is 22.7 Å². The SMILES string of the molecule is CC1(C)OC(=O)N2C[C@@H](c3c(O)ccc(Cl)c3Cl)C[C@H]2C1O. The van der Waals surface area contributed by atoms with Gasteiger partial charge in [-0.1, -0.05) is 23.2 Å². The number of cyclic esters (lactones) is 1. The van der Waals surface area contributed by atoms with Gasteiger partial charge in [-0.05, 0) is 32.4 Å². The predicted octanol–water partition coefficient (Wildman–Crippen LogP) is 3.15. The van der Waals surface area contributed by atoms with Crippen molar-refractivity contribution in [2.75, 3.05) is 6.54 Å². The van der Waals surface area contributed by atoms with Gasteiger partial charge < -0.3 is 19.8 Å². The van der Waals surface area contributed by atoms with Crippen LogP contribution in [0.5, 0.6) is 5.75 Å². The van der Waals surface area contributed by atoms with Crippen LogP contribution in [-0.4, -0.2) is 45.5 Å². The lowest BCUT2D eigenvalue weighted by Crippen LogP contribution is -2.60. The molecule has 0 spiro atoms. The second-order valence-corrected chi connectivity index (χ2v) is 7.15. The van der Waals surface area contributed by atoms with Gasteiger partial charge in [0.2, 0.25) is 0 Å². The summed E-state index contributed by atoms with van der Waals surface area (Å²) in [6, 6.07) is 2.65. The Morgan fingerprint density at radius 3 is 2.73 bits per heavy atom. The first-order chi connectivity index (χ1) is 10.2. The Morgan fingerprint density at radius 2 is 2.05 bits per heavy atom. The first-order valence-corrected chi connectivity index (χ1v) is 7.82. The fourth-order valence-electron chi connectivity index (χ4n) is 3.34. The maximum Gasteiger partial charge on any atom is 0.410 e. The molecule has 5 nitrogen and oxygen atoms in total. The van der Waals surface area contributed by atoms with Crippen molar-refractivity contribution in [2.24, 2.45) is 0 Å². The monoisotopic (exact) mass is 345 g/mol. The molecule has 7 heteroatoms. The standard InChI is InChI=1S/C15H17Cl2NO4/c1-15(2)13(20)9-5-7(6-18(9)14(21)22-15)11-10(19)4-3-8(16)12(11)17/h3-4,7,9,13,19-20H,5-6H2,1-2H3/t7-,9-,13?/m0/s1. The summed E-state index contributed by atoms with van der Waals surface area (Å²) in [6.45, 7) is 3.69. The summed E-state index contributed by atoms with van der Waals surface area (Å²) < 4.78 is 5.28. The molecule has 2 aliphatic heterocycles. The summed E-state index contributed by atoms with van der Waals surface area (Å²) >= 11 is 12.2. The summed E-state index contributed by atoms with van der Waals surface area (Å²) in [5, 5.41) is 21.2. The maximum atomic E-state index is 12.1. The van der Waals surface area contributed by atoms with Crippen molar-refractivity contribution in [1.82, 2.24) is 4.90 Å². The number of hydrogen-bond acceptors (Lipinski definition) is 4. The van der Waals surface area contributed by atoms with Gasteiger partial charge in [0.05, 0.1) is 16.1 Å². The molecular formula is C15H17Cl2NO4. The van der Waals surface area contributed by atoms with E-state index in [0.717, 1.165) is 0 Å². The molecule has 22 heavy (non-hydrogen) atoms. The Morgan fingerprint density at radius 1 is 1.36 bits per heavy atom. The molecule has 0 saturated carbocycles. The molecule has 3 rings (SSSR count). The average Bonchev–Trinajstić information content (AvgIpc) is 2.86. The van der Waals surface area contributed by atoms with Gasteiger partial charge in [0.25, 0.3) is 0 Å². The second-order valence-electron chi connectivity index (χ2n) is 6.36. The molecule has 2 fully saturated rings. The van der Waals surface area contributed by atoms with Crippen molar-refractivity contribution in [3.05, 3.63) is 27.7 Å². The number of hydrogen-bond donors (Lipinski definition) is 2. The summed E-state index contributed by atoms with van der Waals surface area (Å²) in [5.74, 6) is -0.159. The molecule has 0 bridgehead atoms. The van der Waals surface area contributed by atoms with Crippen LogP contribution in [0, 0.1) is 0 Å². The molecule has 2 aliphatic rings. The number of aliphatic hydroxyl groups excluding tert-OH is 1. The quantitative estimate of drug-likeness (QED) is 0.820. The number of carbonyl (C=O) groups excluding carboxylic acids is 1. The highest BCUT2D eigenvalue weighted by Crippen LogP contribution is 2.46. The Kier molecular flexibility index (Phi) is 3.70. The van der Waals surface area contributed by atoms with Crippen molar-refractivity contribution in [2.45, 2.75) is 43.9 Å². The van der Waals surface area contributed by atoms with Crippen LogP contribution in [0.25, 0.3) is 0 Å². The number of ether oxygens (including phenoxy) is 1. The number of halogens is 2. The molecule has 2 heterocycles. The number of rotatable bonds is 1. The average molecular weight is 346 g/mol. The summed E-state index contributed by atoms with van der Waals surface area (Å²) in [4.78, 5) is 13.6. The minimum atomic E-state index is -0.937. The van der Waals surface area contributed by atoms with Crippen molar-refractivity contribution in [3.63, 3.8) is 0 Å². The third-order valence-electron chi connectivity index (χ3n) is 4.52. The fourth-order valence-corrected chi connectivity index (χ4v) is 3.82. The van der Waals surface area contributed by atoms with E-state index in [1.54, 1.807) is 13.8 Å². The van der Waals surface area contributed by atoms with E-state index >= 15 is 0 Å². The van der Waals surface area contributed by atoms with Gasteiger partial charge in [-0.2, -0.15) is 0 Å². The number of benzene rings is 1. The van der Waals surface area contributed by atoms with Crippen molar-refractivity contribution < 1.29 is 19.7 Å². The Labute approximate surface area is 138 Å². The van der Waals surface area contributed by atoms with Gasteiger partial charge in [0.15, 0.2) is 0 Å². The highest BCUT2D eigenvalue weighted by molar-refractivity contribution is 6.42. The van der Waals surface area contributed by atoms with Crippen LogP contribution < -0.4 is 0 Å². The highest BCUT2D eigenvalue weighted by Gasteiger charge is 2.52. The van der Waals surface area contributed by atoms with Crippen molar-refractivity contribution in [3.8, 4) is 5.75 Å². The van der Waals surface area contributed by atoms with Gasteiger partial charge in [-0.3, -0.25) is 0 Å². The summed E-state index contributed by atoms with van der Waals surface area (Å²) in [5.41, 5.74) is -0.422. The topological polar surface area (TPSA) is 70.0 Å². The van der Waals surface area contributed by atoms with E-state index in [0.29, 0.717) is 23.6 Å². The maximum absolute atomic E-state index is 12.1. The Bertz CT molecular complexity index is 634. The normalized spacial score (nSPS) is 30.1. The molecule has 0 aliphatic carbocycles. The van der Waals surface area contributed by atoms with Crippen LogP contribution in [0.2, 0.25) is 10.0 Å². The van der Waals surface area contributed by atoms with E-state index in [9.17, 15) is 15.0 Å². The number of phenolic OH excluding ortho intramolecular Hbond substituents is 1. The van der Waals surface area contributed by atoms with E-state index in [2.05, 4.69) is 0 Å².